The number of carbonyl (C=O) groups is 2. The van der Waals surface area contributed by atoms with Crippen LogP contribution in [0.15, 0.2) is 53.7 Å². The van der Waals surface area contributed by atoms with E-state index in [-0.39, 0.29) is 10.8 Å². The topological polar surface area (TPSA) is 103 Å². The molecule has 28 heavy (non-hydrogen) atoms. The molecule has 1 aromatic heterocycles. The van der Waals surface area contributed by atoms with Crippen LogP contribution in [0, 0.1) is 11.6 Å². The first-order chi connectivity index (χ1) is 13.4. The van der Waals surface area contributed by atoms with Crippen molar-refractivity contribution < 1.29 is 18.4 Å². The lowest BCUT2D eigenvalue weighted by Crippen LogP contribution is -2.39. The zero-order valence-electron chi connectivity index (χ0n) is 14.6. The van der Waals surface area contributed by atoms with E-state index in [0.717, 1.165) is 23.9 Å². The summed E-state index contributed by atoms with van der Waals surface area (Å²) in [5.74, 6) is -1.85. The molecule has 144 valence electrons. The summed E-state index contributed by atoms with van der Waals surface area (Å²) in [4.78, 5) is 22.9. The Bertz CT molecular complexity index is 1030. The Morgan fingerprint density at radius 3 is 2.50 bits per heavy atom. The molecule has 10 heteroatoms. The molecule has 3 rings (SSSR count). The first-order valence-electron chi connectivity index (χ1n) is 8.10. The molecular weight excluding hydrogens is 388 g/mol. The number of nitrogens with one attached hydrogen (secondary N) is 1. The molecule has 0 aliphatic heterocycles. The predicted octanol–water partition coefficient (Wildman–Crippen LogP) is 2.89. The maximum atomic E-state index is 14.5. The number of thioether (sulfide) groups is 1. The van der Waals surface area contributed by atoms with E-state index in [1.807, 2.05) is 11.4 Å². The van der Waals surface area contributed by atoms with Gasteiger partial charge in [-0.3, -0.25) is 14.7 Å². The zero-order chi connectivity index (χ0) is 20.3. The van der Waals surface area contributed by atoms with E-state index in [0.29, 0.717) is 11.4 Å². The number of nitrogens with zero attached hydrogens (tertiary/aromatic N) is 3. The van der Waals surface area contributed by atoms with E-state index in [4.69, 9.17) is 5.73 Å². The number of primary amides is 1. The molecule has 0 saturated heterocycles. The molecule has 1 atom stereocenters. The van der Waals surface area contributed by atoms with Crippen molar-refractivity contribution in [3.05, 3.63) is 60.2 Å². The van der Waals surface area contributed by atoms with Gasteiger partial charge in [0.1, 0.15) is 11.6 Å². The standard InChI is InChI=1S/C18H15F2N5O2S/c1-10(16(26)22-17(21)27)28-18-24-23-15(11-5-3-2-4-6-11)25(18)14-8-7-12(19)9-13(14)20/h2-10H,1H3,(H3,21,22,26,27)/t10-/m1/s1. The molecule has 0 unspecified atom stereocenters. The molecule has 0 saturated carbocycles. The number of hydrogen-bond donors (Lipinski definition) is 2. The summed E-state index contributed by atoms with van der Waals surface area (Å²) in [5, 5.41) is 9.55. The summed E-state index contributed by atoms with van der Waals surface area (Å²) in [7, 11) is 0. The predicted molar refractivity (Wildman–Crippen MR) is 99.8 cm³/mol. The summed E-state index contributed by atoms with van der Waals surface area (Å²) in [6, 6.07) is 11.1. The molecule has 0 spiro atoms. The monoisotopic (exact) mass is 403 g/mol. The fourth-order valence-electron chi connectivity index (χ4n) is 2.43. The molecule has 0 aliphatic rings. The summed E-state index contributed by atoms with van der Waals surface area (Å²) in [6.07, 6.45) is 0. The number of rotatable bonds is 5. The number of aromatic nitrogens is 3. The van der Waals surface area contributed by atoms with Gasteiger partial charge in [-0.15, -0.1) is 10.2 Å². The van der Waals surface area contributed by atoms with Gasteiger partial charge in [0.25, 0.3) is 0 Å². The molecule has 7 nitrogen and oxygen atoms in total. The second-order valence-electron chi connectivity index (χ2n) is 5.72. The van der Waals surface area contributed by atoms with Crippen LogP contribution in [0.4, 0.5) is 13.6 Å². The maximum absolute atomic E-state index is 14.5. The minimum Gasteiger partial charge on any atom is -0.351 e. The van der Waals surface area contributed by atoms with Gasteiger partial charge in [0.2, 0.25) is 5.91 Å². The van der Waals surface area contributed by atoms with Gasteiger partial charge >= 0.3 is 6.03 Å². The second kappa shape index (κ2) is 8.17. The molecule has 0 bridgehead atoms. The number of benzene rings is 2. The Balaban J connectivity index is 2.07. The zero-order valence-corrected chi connectivity index (χ0v) is 15.4. The highest BCUT2D eigenvalue weighted by molar-refractivity contribution is 8.00. The normalized spacial score (nSPS) is 11.8. The number of halogens is 2. The Morgan fingerprint density at radius 1 is 1.14 bits per heavy atom. The van der Waals surface area contributed by atoms with E-state index in [9.17, 15) is 18.4 Å². The SMILES string of the molecule is C[C@@H](Sc1nnc(-c2ccccc2)n1-c1ccc(F)cc1F)C(=O)NC(N)=O. The van der Waals surface area contributed by atoms with Gasteiger partial charge in [0.15, 0.2) is 11.0 Å². The van der Waals surface area contributed by atoms with Crippen molar-refractivity contribution >= 4 is 23.7 Å². The van der Waals surface area contributed by atoms with E-state index in [1.54, 1.807) is 24.3 Å². The van der Waals surface area contributed by atoms with Crippen LogP contribution in [0.5, 0.6) is 0 Å². The Kier molecular flexibility index (Phi) is 5.69. The van der Waals surface area contributed by atoms with Crippen LogP contribution in [-0.2, 0) is 4.79 Å². The van der Waals surface area contributed by atoms with Crippen LogP contribution in [-0.4, -0.2) is 32.0 Å². The third-order valence-corrected chi connectivity index (χ3v) is 4.76. The summed E-state index contributed by atoms with van der Waals surface area (Å²) in [5.41, 5.74) is 5.64. The van der Waals surface area contributed by atoms with Crippen molar-refractivity contribution in [2.75, 3.05) is 0 Å². The highest BCUT2D eigenvalue weighted by atomic mass is 32.2. The quantitative estimate of drug-likeness (QED) is 0.638. The van der Waals surface area contributed by atoms with Crippen LogP contribution in [0.1, 0.15) is 6.92 Å². The van der Waals surface area contributed by atoms with Crippen molar-refractivity contribution in [1.82, 2.24) is 20.1 Å². The number of nitrogens with two attached hydrogens (primary N) is 1. The Morgan fingerprint density at radius 2 is 1.86 bits per heavy atom. The van der Waals surface area contributed by atoms with Crippen LogP contribution < -0.4 is 11.1 Å². The molecule has 2 aromatic carbocycles. The Hall–Kier alpha value is -3.27. The summed E-state index contributed by atoms with van der Waals surface area (Å²) < 4.78 is 29.3. The molecule has 0 radical (unpaired) electrons. The largest absolute Gasteiger partial charge is 0.351 e. The van der Waals surface area contributed by atoms with Gasteiger partial charge in [-0.2, -0.15) is 0 Å². The Labute approximate surface area is 162 Å². The van der Waals surface area contributed by atoms with Gasteiger partial charge in [0, 0.05) is 11.6 Å². The molecule has 3 aromatic rings. The van der Waals surface area contributed by atoms with Gasteiger partial charge in [-0.05, 0) is 19.1 Å². The molecule has 0 aliphatic carbocycles. The average molecular weight is 403 g/mol. The molecule has 3 N–H and O–H groups in total. The van der Waals surface area contributed by atoms with Gasteiger partial charge in [-0.1, -0.05) is 42.1 Å². The summed E-state index contributed by atoms with van der Waals surface area (Å²) >= 11 is 0.953. The lowest BCUT2D eigenvalue weighted by Gasteiger charge is -2.13. The minimum absolute atomic E-state index is 0.0234. The minimum atomic E-state index is -0.978. The molecule has 3 amide bonds. The lowest BCUT2D eigenvalue weighted by molar-refractivity contribution is -0.119. The molecular formula is C18H15F2N5O2S. The highest BCUT2D eigenvalue weighted by Gasteiger charge is 2.24. The summed E-state index contributed by atoms with van der Waals surface area (Å²) in [6.45, 7) is 1.53. The third-order valence-electron chi connectivity index (χ3n) is 3.71. The van der Waals surface area contributed by atoms with Gasteiger partial charge in [0.05, 0.1) is 10.9 Å². The number of amides is 3. The number of carbonyl (C=O) groups excluding carboxylic acids is 2. The van der Waals surface area contributed by atoms with Crippen molar-refractivity contribution in [1.29, 1.82) is 0 Å². The highest BCUT2D eigenvalue weighted by Crippen LogP contribution is 2.31. The first-order valence-corrected chi connectivity index (χ1v) is 8.98. The van der Waals surface area contributed by atoms with Crippen LogP contribution >= 0.6 is 11.8 Å². The van der Waals surface area contributed by atoms with Crippen molar-refractivity contribution in [3.63, 3.8) is 0 Å². The van der Waals surface area contributed by atoms with E-state index >= 15 is 0 Å². The van der Waals surface area contributed by atoms with E-state index in [2.05, 4.69) is 10.2 Å². The smallest absolute Gasteiger partial charge is 0.318 e. The van der Waals surface area contributed by atoms with E-state index < -0.39 is 28.8 Å². The number of imide groups is 1. The van der Waals surface area contributed by atoms with Crippen LogP contribution in [0.25, 0.3) is 17.1 Å². The van der Waals surface area contributed by atoms with Gasteiger partial charge in [-0.25, -0.2) is 13.6 Å². The maximum Gasteiger partial charge on any atom is 0.318 e. The fraction of sp³-hybridized carbons (Fsp3) is 0.111. The average Bonchev–Trinajstić information content (AvgIpc) is 3.05. The van der Waals surface area contributed by atoms with Crippen molar-refractivity contribution in [3.8, 4) is 17.1 Å². The molecule has 0 fully saturated rings. The number of urea groups is 1. The fourth-order valence-corrected chi connectivity index (χ4v) is 3.30. The first kappa shape index (κ1) is 19.5. The third kappa shape index (κ3) is 4.17. The van der Waals surface area contributed by atoms with Gasteiger partial charge < -0.3 is 5.73 Å². The lowest BCUT2D eigenvalue weighted by atomic mass is 10.2. The van der Waals surface area contributed by atoms with E-state index in [1.165, 1.54) is 17.6 Å². The second-order valence-corrected chi connectivity index (χ2v) is 7.02. The number of hydrogen-bond acceptors (Lipinski definition) is 5. The van der Waals surface area contributed by atoms with Crippen molar-refractivity contribution in [2.45, 2.75) is 17.3 Å². The molecule has 1 heterocycles. The van der Waals surface area contributed by atoms with Crippen LogP contribution in [0.3, 0.4) is 0 Å². The van der Waals surface area contributed by atoms with Crippen molar-refractivity contribution in [2.24, 2.45) is 5.73 Å². The van der Waals surface area contributed by atoms with Crippen LogP contribution in [0.2, 0.25) is 0 Å².